The molecular weight excluding hydrogens is 412 g/mol. The van der Waals surface area contributed by atoms with Crippen LogP contribution in [0.4, 0.5) is 11.4 Å². The first kappa shape index (κ1) is 20.9. The van der Waals surface area contributed by atoms with Crippen molar-refractivity contribution in [1.82, 2.24) is 0 Å². The summed E-state index contributed by atoms with van der Waals surface area (Å²) in [7, 11) is -3.67. The van der Waals surface area contributed by atoms with Crippen molar-refractivity contribution in [3.63, 3.8) is 0 Å². The van der Waals surface area contributed by atoms with Crippen molar-refractivity contribution in [3.8, 4) is 5.75 Å². The number of hydrogen-bond acceptors (Lipinski definition) is 4. The van der Waals surface area contributed by atoms with Gasteiger partial charge in [-0.25, -0.2) is 8.42 Å². The molecule has 0 radical (unpaired) electrons. The van der Waals surface area contributed by atoms with Crippen LogP contribution in [0.25, 0.3) is 0 Å². The largest absolute Gasteiger partial charge is 0.483 e. The molecule has 0 unspecified atom stereocenters. The highest BCUT2D eigenvalue weighted by Gasteiger charge is 2.30. The zero-order valence-electron chi connectivity index (χ0n) is 17.5. The van der Waals surface area contributed by atoms with E-state index in [4.69, 9.17) is 4.74 Å². The number of fused-ring (bicyclic) bond motifs is 1. The van der Waals surface area contributed by atoms with Crippen LogP contribution in [0.15, 0.2) is 71.6 Å². The summed E-state index contributed by atoms with van der Waals surface area (Å²) in [5.41, 5.74) is 4.11. The van der Waals surface area contributed by atoms with Gasteiger partial charge in [0.2, 0.25) is 0 Å². The molecule has 0 fully saturated rings. The first-order valence-corrected chi connectivity index (χ1v) is 11.5. The van der Waals surface area contributed by atoms with E-state index < -0.39 is 10.0 Å². The molecule has 0 saturated carbocycles. The minimum absolute atomic E-state index is 0.166. The molecule has 0 atom stereocenters. The summed E-state index contributed by atoms with van der Waals surface area (Å²) in [5, 5.41) is 2.82. The fraction of sp³-hybridized carbons (Fsp3) is 0.208. The second-order valence-corrected chi connectivity index (χ2v) is 9.40. The summed E-state index contributed by atoms with van der Waals surface area (Å²) >= 11 is 0. The van der Waals surface area contributed by atoms with Gasteiger partial charge in [-0.2, -0.15) is 0 Å². The number of sulfonamides is 1. The number of amides is 1. The van der Waals surface area contributed by atoms with E-state index in [1.54, 1.807) is 19.1 Å². The molecule has 3 aromatic carbocycles. The lowest BCUT2D eigenvalue weighted by Crippen LogP contribution is -2.29. The van der Waals surface area contributed by atoms with Crippen LogP contribution in [0.5, 0.6) is 5.75 Å². The normalized spacial score (nSPS) is 13.0. The van der Waals surface area contributed by atoms with Gasteiger partial charge in [-0.15, -0.1) is 0 Å². The van der Waals surface area contributed by atoms with Gasteiger partial charge in [0, 0.05) is 12.2 Å². The van der Waals surface area contributed by atoms with E-state index in [0.717, 1.165) is 22.5 Å². The number of nitrogens with one attached hydrogen (secondary N) is 1. The summed E-state index contributed by atoms with van der Waals surface area (Å²) in [6, 6.07) is 19.8. The Labute approximate surface area is 182 Å². The number of para-hydroxylation sites is 2. The number of hydrogen-bond donors (Lipinski definition) is 1. The van der Waals surface area contributed by atoms with E-state index in [1.807, 2.05) is 55.5 Å². The number of ether oxygens (including phenoxy) is 1. The molecule has 1 aliphatic heterocycles. The Kier molecular flexibility index (Phi) is 5.69. The summed E-state index contributed by atoms with van der Waals surface area (Å²) in [6.07, 6.45) is 0.700. The maximum atomic E-state index is 13.2. The average molecular weight is 437 g/mol. The van der Waals surface area contributed by atoms with Crippen molar-refractivity contribution in [3.05, 3.63) is 83.4 Å². The highest BCUT2D eigenvalue weighted by atomic mass is 32.2. The summed E-state index contributed by atoms with van der Waals surface area (Å²) in [6.45, 7) is 3.95. The predicted octanol–water partition coefficient (Wildman–Crippen LogP) is 4.07. The van der Waals surface area contributed by atoms with Gasteiger partial charge < -0.3 is 10.1 Å². The van der Waals surface area contributed by atoms with Gasteiger partial charge in [0.1, 0.15) is 5.75 Å². The molecule has 0 bridgehead atoms. The minimum Gasteiger partial charge on any atom is -0.483 e. The van der Waals surface area contributed by atoms with Crippen LogP contribution in [0, 0.1) is 13.8 Å². The molecule has 0 aliphatic carbocycles. The van der Waals surface area contributed by atoms with Gasteiger partial charge in [0.05, 0.1) is 10.6 Å². The molecule has 1 heterocycles. The maximum Gasteiger partial charge on any atom is 0.264 e. The third-order valence-electron chi connectivity index (χ3n) is 5.36. The number of carbonyl (C=O) groups excluding carboxylic acids is 1. The SMILES string of the molecule is Cc1ccccc1NC(=O)COc1ccc(S(=O)(=O)N2CCc3ccccc32)cc1C. The van der Waals surface area contributed by atoms with Crippen LogP contribution in [-0.2, 0) is 21.2 Å². The third kappa shape index (κ3) is 4.27. The van der Waals surface area contributed by atoms with Crippen molar-refractivity contribution < 1.29 is 17.9 Å². The molecule has 1 aliphatic rings. The van der Waals surface area contributed by atoms with E-state index in [-0.39, 0.29) is 17.4 Å². The quantitative estimate of drug-likeness (QED) is 0.632. The Morgan fingerprint density at radius 2 is 1.74 bits per heavy atom. The van der Waals surface area contributed by atoms with Crippen LogP contribution in [0.1, 0.15) is 16.7 Å². The Morgan fingerprint density at radius 3 is 2.52 bits per heavy atom. The molecule has 31 heavy (non-hydrogen) atoms. The first-order valence-electron chi connectivity index (χ1n) is 10.1. The molecule has 0 aromatic heterocycles. The van der Waals surface area contributed by atoms with E-state index in [0.29, 0.717) is 24.3 Å². The molecule has 160 valence electrons. The Hall–Kier alpha value is -3.32. The van der Waals surface area contributed by atoms with Gasteiger partial charge in [0.25, 0.3) is 15.9 Å². The van der Waals surface area contributed by atoms with E-state index in [2.05, 4.69) is 5.32 Å². The fourth-order valence-corrected chi connectivity index (χ4v) is 5.26. The van der Waals surface area contributed by atoms with E-state index >= 15 is 0 Å². The standard InChI is InChI=1S/C24H24N2O4S/c1-17-7-3-5-9-21(17)25-24(27)16-30-23-12-11-20(15-18(23)2)31(28,29)26-14-13-19-8-4-6-10-22(19)26/h3-12,15H,13-14,16H2,1-2H3,(H,25,27). The highest BCUT2D eigenvalue weighted by Crippen LogP contribution is 2.33. The second kappa shape index (κ2) is 8.43. The number of rotatable bonds is 6. The number of aryl methyl sites for hydroxylation is 2. The third-order valence-corrected chi connectivity index (χ3v) is 7.17. The lowest BCUT2D eigenvalue weighted by molar-refractivity contribution is -0.118. The number of nitrogens with zero attached hydrogens (tertiary/aromatic N) is 1. The predicted molar refractivity (Wildman–Crippen MR) is 121 cm³/mol. The van der Waals surface area contributed by atoms with E-state index in [1.165, 1.54) is 10.4 Å². The van der Waals surface area contributed by atoms with Crippen LogP contribution in [0.2, 0.25) is 0 Å². The molecular formula is C24H24N2O4S. The van der Waals surface area contributed by atoms with Crippen molar-refractivity contribution in [2.75, 3.05) is 22.8 Å². The molecule has 3 aromatic rings. The lowest BCUT2D eigenvalue weighted by atomic mass is 10.2. The molecule has 1 N–H and O–H groups in total. The molecule has 0 spiro atoms. The smallest absolute Gasteiger partial charge is 0.264 e. The number of carbonyl (C=O) groups is 1. The summed E-state index contributed by atoms with van der Waals surface area (Å²) in [4.78, 5) is 12.4. The van der Waals surface area contributed by atoms with Crippen molar-refractivity contribution in [2.24, 2.45) is 0 Å². The Bertz CT molecular complexity index is 1240. The molecule has 0 saturated heterocycles. The monoisotopic (exact) mass is 436 g/mol. The number of benzene rings is 3. The maximum absolute atomic E-state index is 13.2. The van der Waals surface area contributed by atoms with Gasteiger partial charge in [-0.3, -0.25) is 9.10 Å². The van der Waals surface area contributed by atoms with Crippen molar-refractivity contribution in [1.29, 1.82) is 0 Å². The van der Waals surface area contributed by atoms with Gasteiger partial charge in [0.15, 0.2) is 6.61 Å². The molecule has 1 amide bonds. The Balaban J connectivity index is 1.46. The molecule has 7 heteroatoms. The summed E-state index contributed by atoms with van der Waals surface area (Å²) < 4.78 is 33.5. The minimum atomic E-state index is -3.67. The molecule has 6 nitrogen and oxygen atoms in total. The first-order chi connectivity index (χ1) is 14.9. The van der Waals surface area contributed by atoms with Gasteiger partial charge in [-0.1, -0.05) is 36.4 Å². The van der Waals surface area contributed by atoms with Gasteiger partial charge >= 0.3 is 0 Å². The molecule has 4 rings (SSSR count). The van der Waals surface area contributed by atoms with Crippen molar-refractivity contribution in [2.45, 2.75) is 25.2 Å². The van der Waals surface area contributed by atoms with Crippen LogP contribution < -0.4 is 14.4 Å². The average Bonchev–Trinajstić information content (AvgIpc) is 3.19. The van der Waals surface area contributed by atoms with Crippen LogP contribution in [0.3, 0.4) is 0 Å². The highest BCUT2D eigenvalue weighted by molar-refractivity contribution is 7.92. The summed E-state index contributed by atoms with van der Waals surface area (Å²) in [5.74, 6) is 0.194. The van der Waals surface area contributed by atoms with Crippen LogP contribution >= 0.6 is 0 Å². The zero-order valence-corrected chi connectivity index (χ0v) is 18.3. The van der Waals surface area contributed by atoms with Crippen LogP contribution in [-0.4, -0.2) is 27.5 Å². The van der Waals surface area contributed by atoms with E-state index in [9.17, 15) is 13.2 Å². The number of anilines is 2. The topological polar surface area (TPSA) is 75.7 Å². The fourth-order valence-electron chi connectivity index (χ4n) is 3.67. The van der Waals surface area contributed by atoms with Crippen molar-refractivity contribution >= 4 is 27.3 Å². The lowest BCUT2D eigenvalue weighted by Gasteiger charge is -2.20. The van der Waals surface area contributed by atoms with Gasteiger partial charge in [-0.05, 0) is 67.3 Å². The second-order valence-electron chi connectivity index (χ2n) is 7.53. The Morgan fingerprint density at radius 1 is 1.00 bits per heavy atom. The zero-order chi connectivity index (χ0) is 22.0.